The Morgan fingerprint density at radius 1 is 1.30 bits per heavy atom. The van der Waals surface area contributed by atoms with Gasteiger partial charge in [-0.2, -0.15) is 0 Å². The van der Waals surface area contributed by atoms with Gasteiger partial charge in [-0.05, 0) is 31.2 Å². The Labute approximate surface area is 172 Å². The molecule has 30 heavy (non-hydrogen) atoms. The summed E-state index contributed by atoms with van der Waals surface area (Å²) in [5, 5.41) is 1.99. The normalized spacial score (nSPS) is 12.4. The molecule has 1 aliphatic rings. The van der Waals surface area contributed by atoms with Crippen LogP contribution >= 0.6 is 11.3 Å². The van der Waals surface area contributed by atoms with Crippen molar-refractivity contribution in [2.24, 2.45) is 0 Å². The first-order chi connectivity index (χ1) is 14.4. The number of ether oxygens (including phenoxy) is 3. The Bertz CT molecular complexity index is 1160. The van der Waals surface area contributed by atoms with E-state index in [4.69, 9.17) is 15.2 Å². The fourth-order valence-corrected chi connectivity index (χ4v) is 4.03. The van der Waals surface area contributed by atoms with Crippen molar-refractivity contribution in [2.45, 2.75) is 13.3 Å². The van der Waals surface area contributed by atoms with Gasteiger partial charge in [0.05, 0.1) is 18.0 Å². The summed E-state index contributed by atoms with van der Waals surface area (Å²) in [4.78, 5) is 28.3. The van der Waals surface area contributed by atoms with Crippen LogP contribution in [0.25, 0.3) is 21.5 Å². The van der Waals surface area contributed by atoms with Crippen LogP contribution in [0.15, 0.2) is 24.3 Å². The zero-order valence-corrected chi connectivity index (χ0v) is 16.3. The van der Waals surface area contributed by atoms with Crippen molar-refractivity contribution in [1.82, 2.24) is 10.3 Å². The molecule has 0 saturated heterocycles. The largest absolute Gasteiger partial charge is 0.454 e. The van der Waals surface area contributed by atoms with E-state index in [0.717, 1.165) is 11.3 Å². The molecule has 0 fully saturated rings. The van der Waals surface area contributed by atoms with Crippen molar-refractivity contribution in [2.75, 3.05) is 19.1 Å². The van der Waals surface area contributed by atoms with E-state index in [-0.39, 0.29) is 45.4 Å². The van der Waals surface area contributed by atoms with E-state index in [1.807, 2.05) is 5.32 Å². The highest BCUT2D eigenvalue weighted by atomic mass is 32.1. The summed E-state index contributed by atoms with van der Waals surface area (Å²) < 4.78 is 42.9. The van der Waals surface area contributed by atoms with Crippen LogP contribution in [0.4, 0.5) is 19.3 Å². The number of alkyl carbamates (subject to hydrolysis) is 1. The number of pyridine rings is 1. The maximum Gasteiger partial charge on any atom is 0.414 e. The standard InChI is InChI=1S/C19H15F2N3O5S/c1-2-27-19(26)24-17(25)15-14(22)13-9(16(20)21)6-10(23-18(13)30-15)8-3-4-11-12(5-8)29-7-28-11/h3-6,16H,2,7,22H2,1H3,(H,24,25,26). The van der Waals surface area contributed by atoms with Gasteiger partial charge in [-0.25, -0.2) is 18.6 Å². The van der Waals surface area contributed by atoms with Crippen LogP contribution in [-0.2, 0) is 4.74 Å². The molecule has 1 aromatic carbocycles. The van der Waals surface area contributed by atoms with Crippen molar-refractivity contribution < 1.29 is 32.6 Å². The van der Waals surface area contributed by atoms with Gasteiger partial charge in [0.25, 0.3) is 12.3 Å². The number of imide groups is 1. The Hall–Kier alpha value is -3.47. The predicted molar refractivity (Wildman–Crippen MR) is 105 cm³/mol. The van der Waals surface area contributed by atoms with Crippen LogP contribution in [0.1, 0.15) is 28.6 Å². The molecular weight excluding hydrogens is 420 g/mol. The second kappa shape index (κ2) is 7.75. The van der Waals surface area contributed by atoms with Gasteiger partial charge >= 0.3 is 6.09 Å². The minimum Gasteiger partial charge on any atom is -0.454 e. The number of nitrogens with one attached hydrogen (secondary N) is 1. The number of aromatic nitrogens is 1. The topological polar surface area (TPSA) is 113 Å². The zero-order chi connectivity index (χ0) is 21.4. The SMILES string of the molecule is CCOC(=O)NC(=O)c1sc2nc(-c3ccc4c(c3)OCO4)cc(C(F)F)c2c1N. The lowest BCUT2D eigenvalue weighted by Gasteiger charge is -2.08. The van der Waals surface area contributed by atoms with Gasteiger partial charge in [0.2, 0.25) is 6.79 Å². The van der Waals surface area contributed by atoms with Gasteiger partial charge in [-0.15, -0.1) is 11.3 Å². The molecule has 1 aliphatic heterocycles. The number of anilines is 1. The first-order valence-electron chi connectivity index (χ1n) is 8.78. The molecule has 8 nitrogen and oxygen atoms in total. The number of thiophene rings is 1. The molecule has 0 radical (unpaired) electrons. The molecule has 0 bridgehead atoms. The number of nitrogens with two attached hydrogens (primary N) is 1. The number of carbonyl (C=O) groups excluding carboxylic acids is 2. The third-order valence-electron chi connectivity index (χ3n) is 4.33. The van der Waals surface area contributed by atoms with Crippen LogP contribution in [0.2, 0.25) is 0 Å². The summed E-state index contributed by atoms with van der Waals surface area (Å²) in [5.74, 6) is 0.180. The number of nitrogens with zero attached hydrogens (tertiary/aromatic N) is 1. The highest BCUT2D eigenvalue weighted by Gasteiger charge is 2.25. The van der Waals surface area contributed by atoms with E-state index in [2.05, 4.69) is 9.72 Å². The molecule has 2 aromatic heterocycles. The Morgan fingerprint density at radius 3 is 2.80 bits per heavy atom. The molecule has 4 rings (SSSR count). The van der Waals surface area contributed by atoms with Crippen LogP contribution in [0, 0.1) is 0 Å². The monoisotopic (exact) mass is 435 g/mol. The van der Waals surface area contributed by atoms with Crippen LogP contribution in [0.5, 0.6) is 11.5 Å². The molecule has 0 unspecified atom stereocenters. The van der Waals surface area contributed by atoms with Gasteiger partial charge in [0, 0.05) is 16.5 Å². The second-order valence-electron chi connectivity index (χ2n) is 6.17. The fourth-order valence-electron chi connectivity index (χ4n) is 3.01. The summed E-state index contributed by atoms with van der Waals surface area (Å²) in [5.41, 5.74) is 6.24. The van der Waals surface area contributed by atoms with Gasteiger partial charge in [0.15, 0.2) is 11.5 Å². The smallest absolute Gasteiger partial charge is 0.414 e. The molecule has 0 atom stereocenters. The number of nitrogen functional groups attached to an aromatic ring is 1. The van der Waals surface area contributed by atoms with Crippen molar-refractivity contribution in [1.29, 1.82) is 0 Å². The van der Waals surface area contributed by atoms with Crippen LogP contribution in [-0.4, -0.2) is 30.4 Å². The molecule has 0 aliphatic carbocycles. The number of hydrogen-bond donors (Lipinski definition) is 2. The van der Waals surface area contributed by atoms with Crippen molar-refractivity contribution in [3.63, 3.8) is 0 Å². The Kier molecular flexibility index (Phi) is 5.12. The number of rotatable bonds is 4. The average Bonchev–Trinajstić information content (AvgIpc) is 3.31. The summed E-state index contributed by atoms with van der Waals surface area (Å²) in [6, 6.07) is 6.19. The van der Waals surface area contributed by atoms with E-state index < -0.39 is 18.4 Å². The summed E-state index contributed by atoms with van der Waals surface area (Å²) in [7, 11) is 0. The van der Waals surface area contributed by atoms with E-state index in [1.54, 1.807) is 25.1 Å². The number of alkyl halides is 2. The highest BCUT2D eigenvalue weighted by molar-refractivity contribution is 7.21. The highest BCUT2D eigenvalue weighted by Crippen LogP contribution is 2.42. The summed E-state index contributed by atoms with van der Waals surface area (Å²) >= 11 is 0.813. The maximum absolute atomic E-state index is 13.8. The van der Waals surface area contributed by atoms with Crippen LogP contribution < -0.4 is 20.5 Å². The van der Waals surface area contributed by atoms with E-state index in [9.17, 15) is 18.4 Å². The third kappa shape index (κ3) is 3.47. The predicted octanol–water partition coefficient (Wildman–Crippen LogP) is 4.10. The number of benzene rings is 1. The first kappa shape index (κ1) is 19.8. The number of halogens is 2. The lowest BCUT2D eigenvalue weighted by Crippen LogP contribution is -2.30. The molecule has 0 saturated carbocycles. The number of hydrogen-bond acceptors (Lipinski definition) is 8. The minimum atomic E-state index is -2.86. The van der Waals surface area contributed by atoms with Gasteiger partial charge in [-0.1, -0.05) is 0 Å². The molecule has 0 spiro atoms. The number of amides is 2. The average molecular weight is 435 g/mol. The summed E-state index contributed by atoms with van der Waals surface area (Å²) in [6.45, 7) is 1.72. The van der Waals surface area contributed by atoms with Gasteiger partial charge in [-0.3, -0.25) is 10.1 Å². The van der Waals surface area contributed by atoms with Gasteiger partial charge in [0.1, 0.15) is 9.71 Å². The molecule has 156 valence electrons. The number of fused-ring (bicyclic) bond motifs is 2. The maximum atomic E-state index is 13.8. The molecule has 2 amide bonds. The Morgan fingerprint density at radius 2 is 2.07 bits per heavy atom. The second-order valence-corrected chi connectivity index (χ2v) is 7.16. The van der Waals surface area contributed by atoms with E-state index in [0.29, 0.717) is 17.1 Å². The van der Waals surface area contributed by atoms with Crippen molar-refractivity contribution in [3.05, 3.63) is 34.7 Å². The van der Waals surface area contributed by atoms with Crippen molar-refractivity contribution in [3.8, 4) is 22.8 Å². The fraction of sp³-hybridized carbons (Fsp3) is 0.211. The third-order valence-corrected chi connectivity index (χ3v) is 5.43. The van der Waals surface area contributed by atoms with Crippen LogP contribution in [0.3, 0.4) is 0 Å². The lowest BCUT2D eigenvalue weighted by molar-refractivity contribution is 0.0929. The van der Waals surface area contributed by atoms with E-state index in [1.165, 1.54) is 6.07 Å². The molecule has 11 heteroatoms. The molecule has 3 N–H and O–H groups in total. The molecular formula is C19H15F2N3O5S. The van der Waals surface area contributed by atoms with Crippen molar-refractivity contribution >= 4 is 39.2 Å². The zero-order valence-electron chi connectivity index (χ0n) is 15.5. The quantitative estimate of drug-likeness (QED) is 0.634. The Balaban J connectivity index is 1.80. The molecule has 3 aromatic rings. The first-order valence-corrected chi connectivity index (χ1v) is 9.59. The summed E-state index contributed by atoms with van der Waals surface area (Å²) in [6.07, 6.45) is -3.82. The lowest BCUT2D eigenvalue weighted by atomic mass is 10.1. The molecule has 3 heterocycles. The minimum absolute atomic E-state index is 0.0199. The van der Waals surface area contributed by atoms with Gasteiger partial charge < -0.3 is 19.9 Å². The van der Waals surface area contributed by atoms with E-state index >= 15 is 0 Å². The number of carbonyl (C=O) groups is 2.